The SMILES string of the molecule is CCCCCC1OC(C)C=CC(C)O1. The summed E-state index contributed by atoms with van der Waals surface area (Å²) < 4.78 is 11.4. The van der Waals surface area contributed by atoms with Crippen molar-refractivity contribution in [1.82, 2.24) is 0 Å². The van der Waals surface area contributed by atoms with E-state index in [1.807, 2.05) is 0 Å². The zero-order valence-corrected chi connectivity index (χ0v) is 9.53. The Kier molecular flexibility index (Phi) is 5.20. The normalized spacial score (nSPS) is 32.9. The summed E-state index contributed by atoms with van der Waals surface area (Å²) in [5.41, 5.74) is 0. The molecule has 0 radical (unpaired) electrons. The van der Waals surface area contributed by atoms with Crippen molar-refractivity contribution in [2.24, 2.45) is 0 Å². The van der Waals surface area contributed by atoms with Crippen molar-refractivity contribution in [2.75, 3.05) is 0 Å². The van der Waals surface area contributed by atoms with Gasteiger partial charge < -0.3 is 9.47 Å². The second-order valence-electron chi connectivity index (χ2n) is 3.99. The summed E-state index contributed by atoms with van der Waals surface area (Å²) in [6.45, 7) is 6.33. The third kappa shape index (κ3) is 4.25. The first-order valence-electron chi connectivity index (χ1n) is 5.71. The molecular formula is C12H22O2. The Morgan fingerprint density at radius 3 is 2.07 bits per heavy atom. The Balaban J connectivity index is 2.30. The summed E-state index contributed by atoms with van der Waals surface area (Å²) in [5, 5.41) is 0. The van der Waals surface area contributed by atoms with Gasteiger partial charge in [0, 0.05) is 0 Å². The van der Waals surface area contributed by atoms with Crippen molar-refractivity contribution in [2.45, 2.75) is 65.0 Å². The van der Waals surface area contributed by atoms with Crippen LogP contribution in [0.4, 0.5) is 0 Å². The fourth-order valence-electron chi connectivity index (χ4n) is 1.61. The summed E-state index contributed by atoms with van der Waals surface area (Å²) >= 11 is 0. The lowest BCUT2D eigenvalue weighted by molar-refractivity contribution is -0.166. The molecule has 1 aliphatic rings. The highest BCUT2D eigenvalue weighted by molar-refractivity contribution is 4.93. The number of rotatable bonds is 4. The molecule has 0 N–H and O–H groups in total. The second kappa shape index (κ2) is 6.20. The monoisotopic (exact) mass is 198 g/mol. The molecule has 0 aromatic rings. The zero-order chi connectivity index (χ0) is 10.4. The molecule has 0 bridgehead atoms. The van der Waals surface area contributed by atoms with Crippen LogP contribution < -0.4 is 0 Å². The van der Waals surface area contributed by atoms with Crippen LogP contribution in [-0.4, -0.2) is 18.5 Å². The first kappa shape index (κ1) is 11.7. The van der Waals surface area contributed by atoms with Crippen molar-refractivity contribution < 1.29 is 9.47 Å². The highest BCUT2D eigenvalue weighted by Crippen LogP contribution is 2.16. The van der Waals surface area contributed by atoms with E-state index in [0.29, 0.717) is 0 Å². The lowest BCUT2D eigenvalue weighted by Gasteiger charge is -2.20. The minimum Gasteiger partial charge on any atom is -0.346 e. The molecule has 1 aliphatic heterocycles. The predicted octanol–water partition coefficient (Wildman–Crippen LogP) is 3.27. The molecule has 82 valence electrons. The van der Waals surface area contributed by atoms with Gasteiger partial charge in [0.2, 0.25) is 0 Å². The number of hydrogen-bond donors (Lipinski definition) is 0. The Labute approximate surface area is 87.3 Å². The molecule has 2 heteroatoms. The van der Waals surface area contributed by atoms with Crippen molar-refractivity contribution in [3.8, 4) is 0 Å². The Morgan fingerprint density at radius 2 is 1.57 bits per heavy atom. The van der Waals surface area contributed by atoms with Crippen molar-refractivity contribution in [3.05, 3.63) is 12.2 Å². The quantitative estimate of drug-likeness (QED) is 0.510. The van der Waals surface area contributed by atoms with Gasteiger partial charge >= 0.3 is 0 Å². The molecule has 0 spiro atoms. The van der Waals surface area contributed by atoms with E-state index in [9.17, 15) is 0 Å². The van der Waals surface area contributed by atoms with Crippen molar-refractivity contribution >= 4 is 0 Å². The number of ether oxygens (including phenoxy) is 2. The van der Waals surface area contributed by atoms with E-state index in [4.69, 9.17) is 9.47 Å². The van der Waals surface area contributed by atoms with E-state index < -0.39 is 0 Å². The smallest absolute Gasteiger partial charge is 0.159 e. The molecule has 1 rings (SSSR count). The molecule has 2 nitrogen and oxygen atoms in total. The lowest BCUT2D eigenvalue weighted by Crippen LogP contribution is -2.22. The largest absolute Gasteiger partial charge is 0.346 e. The highest BCUT2D eigenvalue weighted by Gasteiger charge is 2.17. The van der Waals surface area contributed by atoms with E-state index in [1.54, 1.807) is 0 Å². The summed E-state index contributed by atoms with van der Waals surface area (Å²) in [6.07, 6.45) is 9.23. The molecule has 0 aromatic carbocycles. The summed E-state index contributed by atoms with van der Waals surface area (Å²) in [5.74, 6) is 0. The molecule has 0 fully saturated rings. The molecule has 1 heterocycles. The third-order valence-electron chi connectivity index (χ3n) is 2.43. The molecule has 2 unspecified atom stereocenters. The van der Waals surface area contributed by atoms with E-state index in [2.05, 4.69) is 32.9 Å². The van der Waals surface area contributed by atoms with Crippen LogP contribution in [0.2, 0.25) is 0 Å². The van der Waals surface area contributed by atoms with Gasteiger partial charge in [-0.05, 0) is 26.7 Å². The van der Waals surface area contributed by atoms with Crippen molar-refractivity contribution in [1.29, 1.82) is 0 Å². The minimum atomic E-state index is -0.0125. The maximum absolute atomic E-state index is 5.72. The number of unbranched alkanes of at least 4 members (excludes halogenated alkanes) is 2. The van der Waals surface area contributed by atoms with Gasteiger partial charge in [-0.1, -0.05) is 31.9 Å². The first-order chi connectivity index (χ1) is 6.72. The molecular weight excluding hydrogens is 176 g/mol. The third-order valence-corrected chi connectivity index (χ3v) is 2.43. The molecule has 2 atom stereocenters. The molecule has 0 saturated heterocycles. The van der Waals surface area contributed by atoms with E-state index >= 15 is 0 Å². The Bertz CT molecular complexity index is 163. The maximum Gasteiger partial charge on any atom is 0.159 e. The van der Waals surface area contributed by atoms with E-state index in [-0.39, 0.29) is 18.5 Å². The molecule has 0 aliphatic carbocycles. The van der Waals surface area contributed by atoms with Crippen LogP contribution in [-0.2, 0) is 9.47 Å². The second-order valence-corrected chi connectivity index (χ2v) is 3.99. The molecule has 0 amide bonds. The fourth-order valence-corrected chi connectivity index (χ4v) is 1.61. The van der Waals surface area contributed by atoms with Crippen LogP contribution in [0.3, 0.4) is 0 Å². The summed E-state index contributed by atoms with van der Waals surface area (Å²) in [7, 11) is 0. The Morgan fingerprint density at radius 1 is 1.00 bits per heavy atom. The topological polar surface area (TPSA) is 18.5 Å². The first-order valence-corrected chi connectivity index (χ1v) is 5.71. The highest BCUT2D eigenvalue weighted by atomic mass is 16.7. The summed E-state index contributed by atoms with van der Waals surface area (Å²) in [6, 6.07) is 0. The van der Waals surface area contributed by atoms with Crippen LogP contribution in [0, 0.1) is 0 Å². The van der Waals surface area contributed by atoms with Gasteiger partial charge in [0.15, 0.2) is 6.29 Å². The fraction of sp³-hybridized carbons (Fsp3) is 0.833. The van der Waals surface area contributed by atoms with Gasteiger partial charge in [-0.25, -0.2) is 0 Å². The predicted molar refractivity (Wildman–Crippen MR) is 58.2 cm³/mol. The maximum atomic E-state index is 5.72. The van der Waals surface area contributed by atoms with Crippen LogP contribution in [0.5, 0.6) is 0 Å². The van der Waals surface area contributed by atoms with Gasteiger partial charge in [-0.15, -0.1) is 0 Å². The lowest BCUT2D eigenvalue weighted by atomic mass is 10.2. The van der Waals surface area contributed by atoms with Gasteiger partial charge in [-0.2, -0.15) is 0 Å². The van der Waals surface area contributed by atoms with Crippen LogP contribution in [0.1, 0.15) is 46.5 Å². The van der Waals surface area contributed by atoms with Gasteiger partial charge in [0.25, 0.3) is 0 Å². The number of hydrogen-bond acceptors (Lipinski definition) is 2. The Hall–Kier alpha value is -0.340. The van der Waals surface area contributed by atoms with Crippen LogP contribution in [0.15, 0.2) is 12.2 Å². The average Bonchev–Trinajstić information content (AvgIpc) is 2.29. The van der Waals surface area contributed by atoms with Crippen LogP contribution >= 0.6 is 0 Å². The zero-order valence-electron chi connectivity index (χ0n) is 9.53. The van der Waals surface area contributed by atoms with Gasteiger partial charge in [-0.3, -0.25) is 0 Å². The summed E-state index contributed by atoms with van der Waals surface area (Å²) in [4.78, 5) is 0. The van der Waals surface area contributed by atoms with Gasteiger partial charge in [0.05, 0.1) is 12.2 Å². The molecule has 0 aromatic heterocycles. The molecule has 0 saturated carbocycles. The van der Waals surface area contributed by atoms with E-state index in [0.717, 1.165) is 6.42 Å². The van der Waals surface area contributed by atoms with E-state index in [1.165, 1.54) is 19.3 Å². The van der Waals surface area contributed by atoms with Gasteiger partial charge in [0.1, 0.15) is 0 Å². The standard InChI is InChI=1S/C12H22O2/c1-4-5-6-7-12-13-10(2)8-9-11(3)14-12/h8-12H,4-7H2,1-3H3. The van der Waals surface area contributed by atoms with Crippen molar-refractivity contribution in [3.63, 3.8) is 0 Å². The molecule has 14 heavy (non-hydrogen) atoms. The minimum absolute atomic E-state index is 0.0125. The van der Waals surface area contributed by atoms with Crippen LogP contribution in [0.25, 0.3) is 0 Å². The average molecular weight is 198 g/mol.